The third kappa shape index (κ3) is 3.53. The first-order chi connectivity index (χ1) is 10.4. The number of aryl methyl sites for hydroxylation is 1. The number of ketones is 1. The first-order valence-electron chi connectivity index (χ1n) is 6.43. The molecule has 2 rings (SSSR count). The van der Waals surface area contributed by atoms with Crippen molar-refractivity contribution in [1.29, 1.82) is 0 Å². The summed E-state index contributed by atoms with van der Waals surface area (Å²) in [5.41, 5.74) is 0.185. The molecule has 1 aromatic carbocycles. The monoisotopic (exact) mass is 384 g/mol. The van der Waals surface area contributed by atoms with E-state index in [1.54, 1.807) is 0 Å². The molecular formula is C13H13BrN4O3S. The Kier molecular flexibility index (Phi) is 5.30. The Morgan fingerprint density at radius 2 is 2.18 bits per heavy atom. The topological polar surface area (TPSA) is 90.9 Å². The minimum Gasteiger partial charge on any atom is -0.307 e. The van der Waals surface area contributed by atoms with Crippen LogP contribution in [0.15, 0.2) is 27.8 Å². The SMILES string of the molecule is CCn1c(C)nnc1SCC(=O)c1cc([N+](=O)[O-])ccc1Br. The van der Waals surface area contributed by atoms with E-state index in [0.29, 0.717) is 15.2 Å². The normalized spacial score (nSPS) is 10.7. The second kappa shape index (κ2) is 7.01. The Labute approximate surface area is 139 Å². The lowest BCUT2D eigenvalue weighted by atomic mass is 10.1. The van der Waals surface area contributed by atoms with E-state index >= 15 is 0 Å². The predicted molar refractivity (Wildman–Crippen MR) is 86.3 cm³/mol. The molecule has 0 aliphatic heterocycles. The van der Waals surface area contributed by atoms with Gasteiger partial charge in [-0.05, 0) is 19.9 Å². The molecule has 1 heterocycles. The number of Topliss-reactive ketones (excluding diaryl/α,β-unsaturated/α-hetero) is 1. The highest BCUT2D eigenvalue weighted by Crippen LogP contribution is 2.25. The van der Waals surface area contributed by atoms with Gasteiger partial charge in [0, 0.05) is 28.7 Å². The number of aromatic nitrogens is 3. The van der Waals surface area contributed by atoms with Crippen LogP contribution in [0.25, 0.3) is 0 Å². The van der Waals surface area contributed by atoms with Crippen LogP contribution in [0, 0.1) is 17.0 Å². The lowest BCUT2D eigenvalue weighted by Crippen LogP contribution is -2.06. The Morgan fingerprint density at radius 1 is 1.45 bits per heavy atom. The molecule has 0 N–H and O–H groups in total. The van der Waals surface area contributed by atoms with Crippen LogP contribution >= 0.6 is 27.7 Å². The van der Waals surface area contributed by atoms with E-state index in [2.05, 4.69) is 26.1 Å². The molecule has 0 spiro atoms. The molecule has 0 fully saturated rings. The third-order valence-corrected chi connectivity index (χ3v) is 4.67. The van der Waals surface area contributed by atoms with Crippen LogP contribution in [0.1, 0.15) is 23.1 Å². The van der Waals surface area contributed by atoms with Gasteiger partial charge >= 0.3 is 0 Å². The molecule has 0 aliphatic rings. The fourth-order valence-corrected chi connectivity index (χ4v) is 3.28. The number of hydrogen-bond donors (Lipinski definition) is 0. The summed E-state index contributed by atoms with van der Waals surface area (Å²) < 4.78 is 2.44. The maximum atomic E-state index is 12.3. The lowest BCUT2D eigenvalue weighted by molar-refractivity contribution is -0.384. The van der Waals surface area contributed by atoms with Crippen LogP contribution in [0.4, 0.5) is 5.69 Å². The van der Waals surface area contributed by atoms with Gasteiger partial charge in [-0.1, -0.05) is 27.7 Å². The summed E-state index contributed by atoms with van der Waals surface area (Å²) in [6.45, 7) is 4.54. The number of carbonyl (C=O) groups is 1. The van der Waals surface area contributed by atoms with Gasteiger partial charge in [-0.25, -0.2) is 0 Å². The standard InChI is InChI=1S/C13H13BrN4O3S/c1-3-17-8(2)15-16-13(17)22-7-12(19)10-6-9(18(20)21)4-5-11(10)14/h4-6H,3,7H2,1-2H3. The zero-order chi connectivity index (χ0) is 16.3. The Morgan fingerprint density at radius 3 is 2.82 bits per heavy atom. The zero-order valence-electron chi connectivity index (χ0n) is 11.9. The molecular weight excluding hydrogens is 372 g/mol. The summed E-state index contributed by atoms with van der Waals surface area (Å²) >= 11 is 4.52. The van der Waals surface area contributed by atoms with Gasteiger partial charge in [0.05, 0.1) is 10.7 Å². The average molecular weight is 385 g/mol. The molecule has 22 heavy (non-hydrogen) atoms. The molecule has 0 radical (unpaired) electrons. The molecule has 0 aliphatic carbocycles. The molecule has 2 aromatic rings. The molecule has 7 nitrogen and oxygen atoms in total. The fraction of sp³-hybridized carbons (Fsp3) is 0.308. The fourth-order valence-electron chi connectivity index (χ4n) is 1.88. The zero-order valence-corrected chi connectivity index (χ0v) is 14.3. The number of hydrogen-bond acceptors (Lipinski definition) is 6. The number of thioether (sulfide) groups is 1. The van der Waals surface area contributed by atoms with Gasteiger partial charge in [0.1, 0.15) is 5.82 Å². The van der Waals surface area contributed by atoms with E-state index in [1.807, 2.05) is 18.4 Å². The van der Waals surface area contributed by atoms with Crippen molar-refractivity contribution in [3.8, 4) is 0 Å². The maximum absolute atomic E-state index is 12.3. The van der Waals surface area contributed by atoms with Crippen molar-refractivity contribution >= 4 is 39.2 Å². The molecule has 1 aromatic heterocycles. The van der Waals surface area contributed by atoms with E-state index < -0.39 is 4.92 Å². The van der Waals surface area contributed by atoms with Gasteiger partial charge in [-0.15, -0.1) is 10.2 Å². The first kappa shape index (κ1) is 16.6. The summed E-state index contributed by atoms with van der Waals surface area (Å²) in [5.74, 6) is 0.718. The van der Waals surface area contributed by atoms with Gasteiger partial charge in [-0.2, -0.15) is 0 Å². The van der Waals surface area contributed by atoms with Crippen LogP contribution in [0.5, 0.6) is 0 Å². The minimum atomic E-state index is -0.520. The van der Waals surface area contributed by atoms with Crippen molar-refractivity contribution in [2.24, 2.45) is 0 Å². The van der Waals surface area contributed by atoms with Crippen molar-refractivity contribution in [1.82, 2.24) is 14.8 Å². The largest absolute Gasteiger partial charge is 0.307 e. The smallest absolute Gasteiger partial charge is 0.270 e. The van der Waals surface area contributed by atoms with E-state index in [4.69, 9.17) is 0 Å². The molecule has 0 amide bonds. The highest BCUT2D eigenvalue weighted by molar-refractivity contribution is 9.10. The molecule has 0 saturated carbocycles. The summed E-state index contributed by atoms with van der Waals surface area (Å²) in [7, 11) is 0. The number of carbonyl (C=O) groups excluding carboxylic acids is 1. The van der Waals surface area contributed by atoms with Gasteiger partial charge in [-0.3, -0.25) is 14.9 Å². The Hall–Kier alpha value is -1.74. The second-order valence-corrected chi connectivity index (χ2v) is 6.20. The van der Waals surface area contributed by atoms with Crippen LogP contribution in [0.3, 0.4) is 0 Å². The van der Waals surface area contributed by atoms with Crippen molar-refractivity contribution in [3.05, 3.63) is 44.2 Å². The van der Waals surface area contributed by atoms with E-state index in [-0.39, 0.29) is 17.2 Å². The Balaban J connectivity index is 2.15. The van der Waals surface area contributed by atoms with Gasteiger partial charge in [0.2, 0.25) is 0 Å². The van der Waals surface area contributed by atoms with Crippen molar-refractivity contribution in [3.63, 3.8) is 0 Å². The van der Waals surface area contributed by atoms with Crippen molar-refractivity contribution < 1.29 is 9.72 Å². The highest BCUT2D eigenvalue weighted by atomic mass is 79.9. The van der Waals surface area contributed by atoms with Crippen LogP contribution in [0.2, 0.25) is 0 Å². The molecule has 0 atom stereocenters. The predicted octanol–water partition coefficient (Wildman–Crippen LogP) is 3.25. The number of nitro groups is 1. The average Bonchev–Trinajstić information content (AvgIpc) is 2.85. The van der Waals surface area contributed by atoms with E-state index in [0.717, 1.165) is 12.4 Å². The van der Waals surface area contributed by atoms with Crippen LogP contribution in [-0.4, -0.2) is 31.2 Å². The van der Waals surface area contributed by atoms with Crippen LogP contribution < -0.4 is 0 Å². The van der Waals surface area contributed by atoms with Crippen LogP contribution in [-0.2, 0) is 6.54 Å². The van der Waals surface area contributed by atoms with Gasteiger partial charge in [0.25, 0.3) is 5.69 Å². The van der Waals surface area contributed by atoms with E-state index in [9.17, 15) is 14.9 Å². The molecule has 0 saturated heterocycles. The maximum Gasteiger partial charge on any atom is 0.270 e. The molecule has 9 heteroatoms. The number of nitrogens with zero attached hydrogens (tertiary/aromatic N) is 4. The quantitative estimate of drug-likeness (QED) is 0.328. The number of rotatable bonds is 6. The molecule has 0 unspecified atom stereocenters. The summed E-state index contributed by atoms with van der Waals surface area (Å²) in [6, 6.07) is 4.14. The number of halogens is 1. The summed E-state index contributed by atoms with van der Waals surface area (Å²) in [6.07, 6.45) is 0. The van der Waals surface area contributed by atoms with Crippen molar-refractivity contribution in [2.75, 3.05) is 5.75 Å². The molecule has 116 valence electrons. The number of non-ortho nitro benzene ring substituents is 1. The lowest BCUT2D eigenvalue weighted by Gasteiger charge is -2.05. The molecule has 0 bridgehead atoms. The number of benzene rings is 1. The Bertz CT molecular complexity index is 732. The second-order valence-electron chi connectivity index (χ2n) is 4.41. The van der Waals surface area contributed by atoms with Gasteiger partial charge < -0.3 is 4.57 Å². The third-order valence-electron chi connectivity index (χ3n) is 3.01. The first-order valence-corrected chi connectivity index (χ1v) is 8.21. The minimum absolute atomic E-state index is 0.107. The summed E-state index contributed by atoms with van der Waals surface area (Å²) in [5, 5.41) is 19.5. The van der Waals surface area contributed by atoms with E-state index in [1.165, 1.54) is 30.0 Å². The van der Waals surface area contributed by atoms with Crippen molar-refractivity contribution in [2.45, 2.75) is 25.5 Å². The van der Waals surface area contributed by atoms with Gasteiger partial charge in [0.15, 0.2) is 10.9 Å². The summed E-state index contributed by atoms with van der Waals surface area (Å²) in [4.78, 5) is 22.6. The number of nitro benzene ring substituents is 1. The highest BCUT2D eigenvalue weighted by Gasteiger charge is 2.17.